The number of aromatic hydroxyl groups is 1. The van der Waals surface area contributed by atoms with E-state index in [1.807, 2.05) is 32.2 Å². The Hall–Kier alpha value is -3.38. The molecule has 0 unspecified atom stereocenters. The molecule has 0 amide bonds. The second kappa shape index (κ2) is 12.0. The van der Waals surface area contributed by atoms with Crippen molar-refractivity contribution < 1.29 is 19.0 Å². The summed E-state index contributed by atoms with van der Waals surface area (Å²) in [6.45, 7) is 6.92. The minimum atomic E-state index is -0.267. The number of aryl methyl sites for hydroxylation is 2. The molecule has 0 bridgehead atoms. The molecule has 1 aromatic heterocycles. The molecule has 2 heterocycles. The molecule has 38 heavy (non-hydrogen) atoms. The highest BCUT2D eigenvalue weighted by Crippen LogP contribution is 2.41. The maximum atomic E-state index is 12.5. The summed E-state index contributed by atoms with van der Waals surface area (Å²) in [6, 6.07) is 16.3. The highest BCUT2D eigenvalue weighted by molar-refractivity contribution is 6.00. The average molecular weight is 517 g/mol. The number of aromatic nitrogens is 1. The second-order valence-electron chi connectivity index (χ2n) is 10.2. The third kappa shape index (κ3) is 5.86. The summed E-state index contributed by atoms with van der Waals surface area (Å²) >= 11 is 0. The average Bonchev–Trinajstić information content (AvgIpc) is 3.28. The van der Waals surface area contributed by atoms with Crippen molar-refractivity contribution in [2.75, 3.05) is 32.9 Å². The van der Waals surface area contributed by atoms with E-state index >= 15 is 0 Å². The van der Waals surface area contributed by atoms with Crippen molar-refractivity contribution in [3.63, 3.8) is 0 Å². The third-order valence-corrected chi connectivity index (χ3v) is 7.48. The van der Waals surface area contributed by atoms with Gasteiger partial charge in [0.05, 0.1) is 13.3 Å². The van der Waals surface area contributed by atoms with Crippen LogP contribution in [0.3, 0.4) is 0 Å². The van der Waals surface area contributed by atoms with Gasteiger partial charge < -0.3 is 14.6 Å². The molecule has 1 aliphatic carbocycles. The predicted molar refractivity (Wildman–Crippen MR) is 150 cm³/mol. The molecule has 3 aromatic rings. The first-order chi connectivity index (χ1) is 18.6. The zero-order valence-electron chi connectivity index (χ0n) is 22.4. The summed E-state index contributed by atoms with van der Waals surface area (Å²) in [5.41, 5.74) is 7.96. The van der Waals surface area contributed by atoms with Crippen LogP contribution in [0.5, 0.6) is 17.4 Å². The van der Waals surface area contributed by atoms with Crippen LogP contribution in [0.25, 0.3) is 11.1 Å². The van der Waals surface area contributed by atoms with E-state index in [1.54, 1.807) is 6.07 Å². The zero-order chi connectivity index (χ0) is 26.5. The summed E-state index contributed by atoms with van der Waals surface area (Å²) in [7, 11) is 0. The fraction of sp³-hybridized carbons (Fsp3) is 0.406. The number of phenols is 1. The number of ether oxygens (including phenoxy) is 2. The Kier molecular flexibility index (Phi) is 8.28. The fourth-order valence-electron chi connectivity index (χ4n) is 5.68. The van der Waals surface area contributed by atoms with Crippen LogP contribution < -0.4 is 9.47 Å². The summed E-state index contributed by atoms with van der Waals surface area (Å²) in [4.78, 5) is 6.91. The first kappa shape index (κ1) is 26.2. The van der Waals surface area contributed by atoms with E-state index in [-0.39, 0.29) is 12.8 Å². The molecule has 0 radical (unpaired) electrons. The number of likely N-dealkylation sites (tertiary alicyclic amines) is 1. The standard InChI is InChI=1S/C32H37FN2O3/c1-3-37-32-22(2)18-25(20-34-32)29-7-4-6-24-19-26(36)10-13-30(24)31(29)23-8-11-27(12-9-23)38-28-14-17-35(21-28)16-5-15-33/h8-13,18-20,28,36H,3-7,14-17,21H2,1-2H3/t28-/m0/s1. The first-order valence-corrected chi connectivity index (χ1v) is 13.8. The Morgan fingerprint density at radius 2 is 1.92 bits per heavy atom. The lowest BCUT2D eigenvalue weighted by Crippen LogP contribution is -2.26. The fourth-order valence-corrected chi connectivity index (χ4v) is 5.68. The number of hydrogen-bond acceptors (Lipinski definition) is 5. The number of nitrogens with zero attached hydrogens (tertiary/aromatic N) is 2. The molecule has 5 rings (SSSR count). The van der Waals surface area contributed by atoms with Crippen LogP contribution in [0.1, 0.15) is 60.4 Å². The topological polar surface area (TPSA) is 54.8 Å². The number of alkyl halides is 1. The molecule has 1 fully saturated rings. The number of allylic oxidation sites excluding steroid dienone is 1. The maximum absolute atomic E-state index is 12.5. The second-order valence-corrected chi connectivity index (χ2v) is 10.2. The van der Waals surface area contributed by atoms with Crippen molar-refractivity contribution in [2.45, 2.75) is 52.1 Å². The van der Waals surface area contributed by atoms with Gasteiger partial charge >= 0.3 is 0 Å². The van der Waals surface area contributed by atoms with Gasteiger partial charge in [0, 0.05) is 31.4 Å². The zero-order valence-corrected chi connectivity index (χ0v) is 22.4. The van der Waals surface area contributed by atoms with Crippen LogP contribution in [0, 0.1) is 6.92 Å². The van der Waals surface area contributed by atoms with Gasteiger partial charge in [0.15, 0.2) is 0 Å². The predicted octanol–water partition coefficient (Wildman–Crippen LogP) is 6.60. The molecule has 0 saturated carbocycles. The van der Waals surface area contributed by atoms with Crippen LogP contribution in [0.15, 0.2) is 54.7 Å². The molecule has 1 saturated heterocycles. The lowest BCUT2D eigenvalue weighted by atomic mass is 9.88. The number of hydrogen-bond donors (Lipinski definition) is 1. The van der Waals surface area contributed by atoms with Crippen molar-refractivity contribution in [3.8, 4) is 17.4 Å². The first-order valence-electron chi connectivity index (χ1n) is 13.8. The van der Waals surface area contributed by atoms with Crippen molar-refractivity contribution in [1.29, 1.82) is 0 Å². The molecule has 1 atom stereocenters. The van der Waals surface area contributed by atoms with Gasteiger partial charge in [0.1, 0.15) is 17.6 Å². The van der Waals surface area contributed by atoms with E-state index in [0.717, 1.165) is 78.9 Å². The summed E-state index contributed by atoms with van der Waals surface area (Å²) in [5, 5.41) is 10.2. The number of fused-ring (bicyclic) bond motifs is 1. The molecule has 6 heteroatoms. The van der Waals surface area contributed by atoms with E-state index in [9.17, 15) is 9.50 Å². The van der Waals surface area contributed by atoms with Crippen LogP contribution >= 0.6 is 0 Å². The van der Waals surface area contributed by atoms with Gasteiger partial charge in [-0.25, -0.2) is 4.98 Å². The van der Waals surface area contributed by atoms with Gasteiger partial charge in [-0.2, -0.15) is 0 Å². The van der Waals surface area contributed by atoms with Crippen molar-refractivity contribution in [3.05, 3.63) is 82.5 Å². The summed E-state index contributed by atoms with van der Waals surface area (Å²) in [6.07, 6.45) is 6.41. The lowest BCUT2D eigenvalue weighted by Gasteiger charge is -2.19. The van der Waals surface area contributed by atoms with Gasteiger partial charge in [-0.3, -0.25) is 9.29 Å². The highest BCUT2D eigenvalue weighted by atomic mass is 19.1. The largest absolute Gasteiger partial charge is 0.508 e. The lowest BCUT2D eigenvalue weighted by molar-refractivity contribution is 0.198. The quantitative estimate of drug-likeness (QED) is 0.347. The van der Waals surface area contributed by atoms with Crippen LogP contribution in [0.4, 0.5) is 4.39 Å². The van der Waals surface area contributed by atoms with E-state index < -0.39 is 0 Å². The Bertz CT molecular complexity index is 1290. The monoisotopic (exact) mass is 516 g/mol. The maximum Gasteiger partial charge on any atom is 0.216 e. The van der Waals surface area contributed by atoms with E-state index in [4.69, 9.17) is 9.47 Å². The summed E-state index contributed by atoms with van der Waals surface area (Å²) in [5.74, 6) is 1.83. The minimum absolute atomic E-state index is 0.134. The molecular formula is C32H37FN2O3. The SMILES string of the molecule is CCOc1ncc(C2=C(c3ccc(O[C@H]4CCN(CCCF)C4)cc3)c3ccc(O)cc3CCC2)cc1C. The van der Waals surface area contributed by atoms with Gasteiger partial charge in [-0.1, -0.05) is 18.2 Å². The number of halogens is 1. The van der Waals surface area contributed by atoms with Crippen molar-refractivity contribution in [2.24, 2.45) is 0 Å². The third-order valence-electron chi connectivity index (χ3n) is 7.48. The van der Waals surface area contributed by atoms with Gasteiger partial charge in [0.2, 0.25) is 5.88 Å². The minimum Gasteiger partial charge on any atom is -0.508 e. The Labute approximate surface area is 224 Å². The van der Waals surface area contributed by atoms with Crippen LogP contribution in [-0.4, -0.2) is 54.0 Å². The molecule has 5 nitrogen and oxygen atoms in total. The normalized spacial score (nSPS) is 17.8. The highest BCUT2D eigenvalue weighted by Gasteiger charge is 2.24. The molecule has 1 N–H and O–H groups in total. The van der Waals surface area contributed by atoms with E-state index in [1.165, 1.54) is 11.1 Å². The molecule has 2 aliphatic rings. The smallest absolute Gasteiger partial charge is 0.216 e. The molecule has 0 spiro atoms. The molecule has 200 valence electrons. The number of rotatable bonds is 9. The van der Waals surface area contributed by atoms with E-state index in [0.29, 0.717) is 24.7 Å². The number of pyridine rings is 1. The molecular weight excluding hydrogens is 479 g/mol. The Morgan fingerprint density at radius 3 is 2.68 bits per heavy atom. The summed E-state index contributed by atoms with van der Waals surface area (Å²) < 4.78 is 24.5. The number of phenolic OH excluding ortho intramolecular Hbond substituents is 1. The van der Waals surface area contributed by atoms with Crippen LogP contribution in [0.2, 0.25) is 0 Å². The Balaban J connectivity index is 1.48. The van der Waals surface area contributed by atoms with Gasteiger partial charge in [-0.05, 0) is 110 Å². The van der Waals surface area contributed by atoms with Crippen molar-refractivity contribution >= 4 is 11.1 Å². The van der Waals surface area contributed by atoms with Crippen molar-refractivity contribution in [1.82, 2.24) is 9.88 Å². The van der Waals surface area contributed by atoms with Gasteiger partial charge in [0.25, 0.3) is 0 Å². The molecule has 1 aliphatic heterocycles. The van der Waals surface area contributed by atoms with E-state index in [2.05, 4.69) is 40.2 Å². The Morgan fingerprint density at radius 1 is 1.08 bits per heavy atom. The molecule has 2 aromatic carbocycles. The van der Waals surface area contributed by atoms with Crippen LogP contribution in [-0.2, 0) is 6.42 Å². The van der Waals surface area contributed by atoms with Gasteiger partial charge in [-0.15, -0.1) is 0 Å². The number of benzene rings is 2.